The highest BCUT2D eigenvalue weighted by atomic mass is 127. The first-order chi connectivity index (χ1) is 14.1. The van der Waals surface area contributed by atoms with Gasteiger partial charge in [0.05, 0.1) is 13.2 Å². The predicted octanol–water partition coefficient (Wildman–Crippen LogP) is 4.63. The minimum absolute atomic E-state index is 0. The Kier molecular flexibility index (Phi) is 9.84. The number of methoxy groups -OCH3 is 1. The summed E-state index contributed by atoms with van der Waals surface area (Å²) in [5.41, 5.74) is 2.07. The van der Waals surface area contributed by atoms with Gasteiger partial charge in [0.25, 0.3) is 0 Å². The first kappa shape index (κ1) is 24.4. The molecule has 1 N–H and O–H groups in total. The highest BCUT2D eigenvalue weighted by Gasteiger charge is 2.29. The molecule has 0 spiro atoms. The molecule has 2 aromatic rings. The van der Waals surface area contributed by atoms with Crippen molar-refractivity contribution in [3.05, 3.63) is 65.5 Å². The molecule has 1 fully saturated rings. The highest BCUT2D eigenvalue weighted by molar-refractivity contribution is 14.0. The van der Waals surface area contributed by atoms with Crippen LogP contribution in [0.25, 0.3) is 0 Å². The van der Waals surface area contributed by atoms with Crippen molar-refractivity contribution in [2.24, 2.45) is 10.9 Å². The molecule has 1 heterocycles. The van der Waals surface area contributed by atoms with Crippen LogP contribution in [0.15, 0.2) is 53.5 Å². The number of hydrogen-bond acceptors (Lipinski definition) is 3. The van der Waals surface area contributed by atoms with E-state index in [2.05, 4.69) is 17.4 Å². The fraction of sp³-hybridized carbons (Fsp3) is 0.435. The number of guanidine groups is 1. The molecule has 1 saturated heterocycles. The van der Waals surface area contributed by atoms with E-state index in [-0.39, 0.29) is 41.6 Å². The van der Waals surface area contributed by atoms with Crippen LogP contribution in [0.2, 0.25) is 0 Å². The highest BCUT2D eigenvalue weighted by Crippen LogP contribution is 2.34. The van der Waals surface area contributed by atoms with Crippen LogP contribution in [0.3, 0.4) is 0 Å². The molecular formula is C23H31FIN3O2. The molecule has 0 amide bonds. The van der Waals surface area contributed by atoms with Crippen molar-refractivity contribution >= 4 is 29.9 Å². The van der Waals surface area contributed by atoms with Gasteiger partial charge in [0.15, 0.2) is 17.5 Å². The van der Waals surface area contributed by atoms with Crippen molar-refractivity contribution in [2.45, 2.75) is 26.0 Å². The molecule has 0 aliphatic carbocycles. The summed E-state index contributed by atoms with van der Waals surface area (Å²) in [5.74, 6) is 1.06. The van der Waals surface area contributed by atoms with Gasteiger partial charge in [-0.1, -0.05) is 36.4 Å². The van der Waals surface area contributed by atoms with Gasteiger partial charge < -0.3 is 19.7 Å². The van der Waals surface area contributed by atoms with Gasteiger partial charge in [-0.3, -0.25) is 4.99 Å². The summed E-state index contributed by atoms with van der Waals surface area (Å²) in [4.78, 5) is 6.87. The third kappa shape index (κ3) is 6.31. The second kappa shape index (κ2) is 12.1. The second-order valence-corrected chi connectivity index (χ2v) is 7.27. The summed E-state index contributed by atoms with van der Waals surface area (Å²) in [5, 5.41) is 3.34. The van der Waals surface area contributed by atoms with E-state index < -0.39 is 0 Å². The molecule has 1 aliphatic heterocycles. The summed E-state index contributed by atoms with van der Waals surface area (Å²) < 4.78 is 25.0. The quantitative estimate of drug-likeness (QED) is 0.324. The fourth-order valence-electron chi connectivity index (χ4n) is 3.66. The molecule has 0 saturated carbocycles. The van der Waals surface area contributed by atoms with E-state index in [0.717, 1.165) is 31.1 Å². The van der Waals surface area contributed by atoms with Crippen LogP contribution in [-0.4, -0.2) is 44.7 Å². The van der Waals surface area contributed by atoms with Crippen LogP contribution in [0.1, 0.15) is 30.6 Å². The topological polar surface area (TPSA) is 46.1 Å². The van der Waals surface area contributed by atoms with E-state index in [1.807, 2.05) is 43.1 Å². The van der Waals surface area contributed by atoms with Gasteiger partial charge in [0.1, 0.15) is 0 Å². The zero-order chi connectivity index (χ0) is 20.6. The number of nitrogens with one attached hydrogen (secondary N) is 1. The Morgan fingerprint density at radius 3 is 2.70 bits per heavy atom. The number of halogens is 2. The molecule has 164 valence electrons. The van der Waals surface area contributed by atoms with Gasteiger partial charge in [0, 0.05) is 39.2 Å². The largest absolute Gasteiger partial charge is 0.494 e. The number of aliphatic imine (C=N–C) groups is 1. The maximum atomic E-state index is 14.0. The molecule has 30 heavy (non-hydrogen) atoms. The van der Waals surface area contributed by atoms with Crippen LogP contribution in [-0.2, 0) is 11.3 Å². The average Bonchev–Trinajstić information content (AvgIpc) is 3.20. The Labute approximate surface area is 195 Å². The number of nitrogens with zero attached hydrogens (tertiary/aromatic N) is 2. The monoisotopic (exact) mass is 527 g/mol. The molecule has 1 aliphatic rings. The molecule has 2 unspecified atom stereocenters. The van der Waals surface area contributed by atoms with Crippen LogP contribution >= 0.6 is 24.0 Å². The summed E-state index contributed by atoms with van der Waals surface area (Å²) >= 11 is 0. The van der Waals surface area contributed by atoms with Gasteiger partial charge in [-0.25, -0.2) is 4.39 Å². The molecule has 3 rings (SSSR count). The first-order valence-electron chi connectivity index (χ1n) is 10.1. The Morgan fingerprint density at radius 1 is 1.27 bits per heavy atom. The lowest BCUT2D eigenvalue weighted by Gasteiger charge is -2.24. The molecule has 0 aromatic heterocycles. The van der Waals surface area contributed by atoms with Crippen LogP contribution < -0.4 is 10.1 Å². The minimum atomic E-state index is -0.353. The van der Waals surface area contributed by atoms with Gasteiger partial charge in [-0.15, -0.1) is 24.0 Å². The van der Waals surface area contributed by atoms with Crippen LogP contribution in [0.4, 0.5) is 4.39 Å². The lowest BCUT2D eigenvalue weighted by Crippen LogP contribution is -2.39. The van der Waals surface area contributed by atoms with Gasteiger partial charge >= 0.3 is 0 Å². The van der Waals surface area contributed by atoms with Gasteiger partial charge in [0.2, 0.25) is 0 Å². The zero-order valence-corrected chi connectivity index (χ0v) is 20.1. The molecule has 0 bridgehead atoms. The number of hydrogen-bond donors (Lipinski definition) is 1. The van der Waals surface area contributed by atoms with E-state index in [4.69, 9.17) is 14.5 Å². The number of benzene rings is 2. The molecule has 7 heteroatoms. The van der Waals surface area contributed by atoms with Crippen molar-refractivity contribution in [3.8, 4) is 5.75 Å². The standard InChI is InChI=1S/C23H30FN3O2.HI/c1-4-25-23(27(2)16-17-10-11-21(28-3)20(24)14-17)26-15-19-12-13-29-22(19)18-8-6-5-7-9-18;/h5-11,14,19,22H,4,12-13,15-16H2,1-3H3,(H,25,26);1H. The van der Waals surface area contributed by atoms with Crippen molar-refractivity contribution in [1.82, 2.24) is 10.2 Å². The first-order valence-corrected chi connectivity index (χ1v) is 10.1. The van der Waals surface area contributed by atoms with E-state index in [1.165, 1.54) is 18.7 Å². The van der Waals surface area contributed by atoms with Crippen LogP contribution in [0, 0.1) is 11.7 Å². The SMILES string of the molecule is CCNC(=NCC1CCOC1c1ccccc1)N(C)Cc1ccc(OC)c(F)c1.I. The Morgan fingerprint density at radius 2 is 2.03 bits per heavy atom. The molecule has 0 radical (unpaired) electrons. The maximum Gasteiger partial charge on any atom is 0.193 e. The molecule has 2 atom stereocenters. The summed E-state index contributed by atoms with van der Waals surface area (Å²) in [6, 6.07) is 15.4. The number of rotatable bonds is 7. The summed E-state index contributed by atoms with van der Waals surface area (Å²) in [6.07, 6.45) is 1.08. The molecule has 2 aromatic carbocycles. The summed E-state index contributed by atoms with van der Waals surface area (Å²) in [6.45, 7) is 4.81. The van der Waals surface area contributed by atoms with E-state index >= 15 is 0 Å². The third-order valence-corrected chi connectivity index (χ3v) is 5.15. The normalized spacial score (nSPS) is 18.6. The molecule has 5 nitrogen and oxygen atoms in total. The summed E-state index contributed by atoms with van der Waals surface area (Å²) in [7, 11) is 3.43. The number of ether oxygens (including phenoxy) is 2. The fourth-order valence-corrected chi connectivity index (χ4v) is 3.66. The lowest BCUT2D eigenvalue weighted by atomic mass is 9.95. The maximum absolute atomic E-state index is 14.0. The van der Waals surface area contributed by atoms with Crippen molar-refractivity contribution in [1.29, 1.82) is 0 Å². The third-order valence-electron chi connectivity index (χ3n) is 5.15. The van der Waals surface area contributed by atoms with E-state index in [1.54, 1.807) is 6.07 Å². The minimum Gasteiger partial charge on any atom is -0.494 e. The van der Waals surface area contributed by atoms with Gasteiger partial charge in [-0.2, -0.15) is 0 Å². The zero-order valence-electron chi connectivity index (χ0n) is 17.8. The average molecular weight is 527 g/mol. The Hall–Kier alpha value is -1.87. The van der Waals surface area contributed by atoms with Crippen molar-refractivity contribution < 1.29 is 13.9 Å². The smallest absolute Gasteiger partial charge is 0.193 e. The van der Waals surface area contributed by atoms with Crippen molar-refractivity contribution in [3.63, 3.8) is 0 Å². The Bertz CT molecular complexity index is 819. The van der Waals surface area contributed by atoms with Crippen LogP contribution in [0.5, 0.6) is 5.75 Å². The van der Waals surface area contributed by atoms with E-state index in [0.29, 0.717) is 19.0 Å². The van der Waals surface area contributed by atoms with E-state index in [9.17, 15) is 4.39 Å². The van der Waals surface area contributed by atoms with Gasteiger partial charge in [-0.05, 0) is 36.6 Å². The lowest BCUT2D eigenvalue weighted by molar-refractivity contribution is 0.0925. The second-order valence-electron chi connectivity index (χ2n) is 7.27. The molecular weight excluding hydrogens is 496 g/mol. The van der Waals surface area contributed by atoms with Crippen molar-refractivity contribution in [2.75, 3.05) is 33.9 Å². The Balaban J connectivity index is 0.00000320. The predicted molar refractivity (Wildman–Crippen MR) is 129 cm³/mol.